The van der Waals surface area contributed by atoms with Gasteiger partial charge in [0.25, 0.3) is 11.8 Å². The average Bonchev–Trinajstić information content (AvgIpc) is 3.20. The van der Waals surface area contributed by atoms with E-state index >= 15 is 0 Å². The first-order valence-corrected chi connectivity index (χ1v) is 9.93. The van der Waals surface area contributed by atoms with Gasteiger partial charge in [0.05, 0.1) is 0 Å². The van der Waals surface area contributed by atoms with Crippen molar-refractivity contribution in [2.75, 3.05) is 32.8 Å². The van der Waals surface area contributed by atoms with Crippen molar-refractivity contribution in [1.82, 2.24) is 10.2 Å². The Morgan fingerprint density at radius 2 is 1.48 bits per heavy atom. The fraction of sp³-hybridized carbons (Fsp3) is 0.391. The average molecular weight is 396 g/mol. The van der Waals surface area contributed by atoms with Crippen LogP contribution < -0.4 is 14.8 Å². The summed E-state index contributed by atoms with van der Waals surface area (Å²) < 4.78 is 11.1. The van der Waals surface area contributed by atoms with Gasteiger partial charge in [0, 0.05) is 19.6 Å². The quantitative estimate of drug-likeness (QED) is 0.745. The van der Waals surface area contributed by atoms with E-state index < -0.39 is 0 Å². The van der Waals surface area contributed by atoms with Crippen LogP contribution in [0, 0.1) is 19.8 Å². The Kier molecular flexibility index (Phi) is 7.11. The van der Waals surface area contributed by atoms with Crippen LogP contribution in [0.4, 0.5) is 0 Å². The highest BCUT2D eigenvalue weighted by atomic mass is 16.5. The Labute approximate surface area is 171 Å². The van der Waals surface area contributed by atoms with E-state index in [1.165, 1.54) is 0 Å². The largest absolute Gasteiger partial charge is 0.484 e. The lowest BCUT2D eigenvalue weighted by molar-refractivity contribution is -0.132. The molecule has 0 saturated carbocycles. The molecule has 6 heteroatoms. The minimum absolute atomic E-state index is 0.0111. The third kappa shape index (κ3) is 6.52. The molecule has 2 aromatic carbocycles. The zero-order valence-electron chi connectivity index (χ0n) is 17.0. The summed E-state index contributed by atoms with van der Waals surface area (Å²) in [4.78, 5) is 26.1. The van der Waals surface area contributed by atoms with E-state index in [9.17, 15) is 9.59 Å². The van der Waals surface area contributed by atoms with E-state index in [0.29, 0.717) is 31.1 Å². The Balaban J connectivity index is 1.33. The van der Waals surface area contributed by atoms with Gasteiger partial charge in [-0.2, -0.15) is 0 Å². The number of nitrogens with one attached hydrogen (secondary N) is 1. The Morgan fingerprint density at radius 3 is 2.07 bits per heavy atom. The molecule has 1 fully saturated rings. The summed E-state index contributed by atoms with van der Waals surface area (Å²) in [6.07, 6.45) is 0.870. The number of aryl methyl sites for hydroxylation is 2. The van der Waals surface area contributed by atoms with Crippen molar-refractivity contribution >= 4 is 11.8 Å². The van der Waals surface area contributed by atoms with Crippen LogP contribution in [-0.4, -0.2) is 49.6 Å². The van der Waals surface area contributed by atoms with E-state index in [2.05, 4.69) is 5.32 Å². The third-order valence-corrected chi connectivity index (χ3v) is 5.00. The first-order chi connectivity index (χ1) is 14.0. The first-order valence-electron chi connectivity index (χ1n) is 9.93. The maximum absolute atomic E-state index is 12.3. The fourth-order valence-electron chi connectivity index (χ4n) is 3.19. The van der Waals surface area contributed by atoms with E-state index in [-0.39, 0.29) is 30.9 Å². The molecule has 0 bridgehead atoms. The van der Waals surface area contributed by atoms with Gasteiger partial charge in [0.15, 0.2) is 13.2 Å². The molecule has 1 heterocycles. The maximum atomic E-state index is 12.3. The third-order valence-electron chi connectivity index (χ3n) is 5.00. The highest BCUT2D eigenvalue weighted by molar-refractivity contribution is 5.78. The van der Waals surface area contributed by atoms with Crippen molar-refractivity contribution in [1.29, 1.82) is 0 Å². The number of likely N-dealkylation sites (tertiary alicyclic amines) is 1. The molecular weight excluding hydrogens is 368 g/mol. The summed E-state index contributed by atoms with van der Waals surface area (Å²) in [5.74, 6) is 1.44. The SMILES string of the molecule is Cc1ccc(OCC(=O)NC[C@@H]2CCN(C(=O)COc3ccc(C)cc3)C2)cc1. The van der Waals surface area contributed by atoms with Crippen LogP contribution in [-0.2, 0) is 9.59 Å². The maximum Gasteiger partial charge on any atom is 0.260 e. The van der Waals surface area contributed by atoms with Crippen molar-refractivity contribution in [3.63, 3.8) is 0 Å². The lowest BCUT2D eigenvalue weighted by atomic mass is 10.1. The number of nitrogens with zero attached hydrogens (tertiary/aromatic N) is 1. The minimum atomic E-state index is -0.155. The van der Waals surface area contributed by atoms with Crippen molar-refractivity contribution in [3.05, 3.63) is 59.7 Å². The number of amides is 2. The molecule has 0 unspecified atom stereocenters. The normalized spacial score (nSPS) is 15.8. The van der Waals surface area contributed by atoms with Crippen LogP contribution in [0.5, 0.6) is 11.5 Å². The molecule has 2 amide bonds. The van der Waals surface area contributed by atoms with E-state index in [4.69, 9.17) is 9.47 Å². The van der Waals surface area contributed by atoms with Crippen molar-refractivity contribution in [2.45, 2.75) is 20.3 Å². The van der Waals surface area contributed by atoms with Crippen LogP contribution in [0.1, 0.15) is 17.5 Å². The van der Waals surface area contributed by atoms with Crippen molar-refractivity contribution < 1.29 is 19.1 Å². The monoisotopic (exact) mass is 396 g/mol. The van der Waals surface area contributed by atoms with Gasteiger partial charge in [-0.1, -0.05) is 35.4 Å². The fourth-order valence-corrected chi connectivity index (χ4v) is 3.19. The summed E-state index contributed by atoms with van der Waals surface area (Å²) in [7, 11) is 0. The Hall–Kier alpha value is -3.02. The first kappa shape index (κ1) is 20.7. The second-order valence-corrected chi connectivity index (χ2v) is 7.50. The lowest BCUT2D eigenvalue weighted by Gasteiger charge is -2.17. The second-order valence-electron chi connectivity index (χ2n) is 7.50. The second kappa shape index (κ2) is 9.96. The molecule has 0 aliphatic carbocycles. The summed E-state index contributed by atoms with van der Waals surface area (Å²) in [5.41, 5.74) is 2.30. The van der Waals surface area contributed by atoms with Gasteiger partial charge in [-0.15, -0.1) is 0 Å². The molecule has 1 saturated heterocycles. The minimum Gasteiger partial charge on any atom is -0.484 e. The molecule has 1 atom stereocenters. The molecule has 0 aromatic heterocycles. The number of rotatable bonds is 8. The van der Waals surface area contributed by atoms with Crippen LogP contribution in [0.25, 0.3) is 0 Å². The van der Waals surface area contributed by atoms with Crippen molar-refractivity contribution in [3.8, 4) is 11.5 Å². The van der Waals surface area contributed by atoms with E-state index in [1.54, 1.807) is 4.90 Å². The van der Waals surface area contributed by atoms with Crippen LogP contribution in [0.15, 0.2) is 48.5 Å². The van der Waals surface area contributed by atoms with Gasteiger partial charge >= 0.3 is 0 Å². The smallest absolute Gasteiger partial charge is 0.260 e. The number of carbonyl (C=O) groups is 2. The van der Waals surface area contributed by atoms with Gasteiger partial charge < -0.3 is 19.7 Å². The Bertz CT molecular complexity index is 818. The zero-order chi connectivity index (χ0) is 20.6. The summed E-state index contributed by atoms with van der Waals surface area (Å²) in [6.45, 7) is 5.90. The van der Waals surface area contributed by atoms with Gasteiger partial charge in [-0.25, -0.2) is 0 Å². The molecule has 6 nitrogen and oxygen atoms in total. The Morgan fingerprint density at radius 1 is 0.931 bits per heavy atom. The standard InChI is InChI=1S/C23H28N2O4/c1-17-3-7-20(8-4-17)28-15-22(26)24-13-19-11-12-25(14-19)23(27)16-29-21-9-5-18(2)6-10-21/h3-10,19H,11-16H2,1-2H3,(H,24,26)/t19-/m0/s1. The molecule has 154 valence electrons. The van der Waals surface area contributed by atoms with Crippen LogP contribution in [0.3, 0.4) is 0 Å². The molecular formula is C23H28N2O4. The summed E-state index contributed by atoms with van der Waals surface area (Å²) >= 11 is 0. The molecule has 2 aromatic rings. The molecule has 1 aliphatic rings. The highest BCUT2D eigenvalue weighted by Gasteiger charge is 2.26. The topological polar surface area (TPSA) is 67.9 Å². The number of hydrogen-bond donors (Lipinski definition) is 1. The summed E-state index contributed by atoms with van der Waals surface area (Å²) in [6, 6.07) is 15.2. The molecule has 1 aliphatic heterocycles. The van der Waals surface area contributed by atoms with E-state index in [1.807, 2.05) is 62.4 Å². The van der Waals surface area contributed by atoms with Crippen molar-refractivity contribution in [2.24, 2.45) is 5.92 Å². The van der Waals surface area contributed by atoms with Crippen LogP contribution in [0.2, 0.25) is 0 Å². The van der Waals surface area contributed by atoms with Gasteiger partial charge in [-0.3, -0.25) is 9.59 Å². The summed E-state index contributed by atoms with van der Waals surface area (Å²) in [5, 5.41) is 2.90. The molecule has 0 spiro atoms. The van der Waals surface area contributed by atoms with Gasteiger partial charge in [0.1, 0.15) is 11.5 Å². The number of hydrogen-bond acceptors (Lipinski definition) is 4. The molecule has 0 radical (unpaired) electrons. The predicted molar refractivity (Wildman–Crippen MR) is 111 cm³/mol. The zero-order valence-corrected chi connectivity index (χ0v) is 17.0. The molecule has 1 N–H and O–H groups in total. The van der Waals surface area contributed by atoms with Crippen LogP contribution >= 0.6 is 0 Å². The number of ether oxygens (including phenoxy) is 2. The molecule has 29 heavy (non-hydrogen) atoms. The van der Waals surface area contributed by atoms with Gasteiger partial charge in [0.2, 0.25) is 0 Å². The molecule has 3 rings (SSSR count). The number of benzene rings is 2. The highest BCUT2D eigenvalue weighted by Crippen LogP contribution is 2.17. The predicted octanol–water partition coefficient (Wildman–Crippen LogP) is 2.73. The van der Waals surface area contributed by atoms with E-state index in [0.717, 1.165) is 17.5 Å². The number of carbonyl (C=O) groups excluding carboxylic acids is 2. The van der Waals surface area contributed by atoms with Gasteiger partial charge in [-0.05, 0) is 50.5 Å². The lowest BCUT2D eigenvalue weighted by Crippen LogP contribution is -2.36.